The van der Waals surface area contributed by atoms with Crippen LogP contribution in [-0.4, -0.2) is 34.4 Å². The SMILES string of the molecule is Cc1ccc2nc(-c3ccc4nc(-c5ccc(N=NC6=CC=C([O-])C(=NNc7ccccc7)C6=O)cc5)sc4c3)sc2c1S(=O)(=O)O.[Na+]. The van der Waals surface area contributed by atoms with Crippen LogP contribution in [-0.2, 0) is 14.9 Å². The summed E-state index contributed by atoms with van der Waals surface area (Å²) in [6.45, 7) is 1.64. The minimum absolute atomic E-state index is 0. The standard InChI is InChI=1S/C33H22N6O5S3.Na/c1-18-7-13-25-30(31(18)47(42,43)44)46-33(35-25)20-10-14-23-27(17-20)45-32(34-23)19-8-11-22(12-9-19)36-38-24-15-16-26(40)28(29(24)41)39-37-21-5-3-2-4-6-21;/h2-17,37,40H,1H3,(H,42,43,44);/q;+1/p-1. The van der Waals surface area contributed by atoms with Gasteiger partial charge in [-0.3, -0.25) is 14.8 Å². The number of para-hydroxylation sites is 1. The van der Waals surface area contributed by atoms with Crippen molar-refractivity contribution >= 4 is 76.1 Å². The first-order valence-electron chi connectivity index (χ1n) is 14.0. The number of carbonyl (C=O) groups is 1. The maximum Gasteiger partial charge on any atom is 1.00 e. The van der Waals surface area contributed by atoms with Crippen molar-refractivity contribution in [2.24, 2.45) is 15.3 Å². The Bertz CT molecular complexity index is 2450. The number of thiazole rings is 2. The summed E-state index contributed by atoms with van der Waals surface area (Å²) in [6.07, 6.45) is 2.56. The molecule has 1 aliphatic rings. The van der Waals surface area contributed by atoms with E-state index in [1.807, 2.05) is 36.4 Å². The molecule has 15 heteroatoms. The van der Waals surface area contributed by atoms with Gasteiger partial charge in [0.2, 0.25) is 5.78 Å². The van der Waals surface area contributed by atoms with Gasteiger partial charge < -0.3 is 5.11 Å². The minimum atomic E-state index is -4.41. The normalized spacial score (nSPS) is 14.4. The topological polar surface area (TPSA) is 169 Å². The molecule has 0 aliphatic heterocycles. The Labute approximate surface area is 304 Å². The summed E-state index contributed by atoms with van der Waals surface area (Å²) < 4.78 is 35.2. The van der Waals surface area contributed by atoms with Gasteiger partial charge in [-0.15, -0.1) is 27.8 Å². The molecule has 6 aromatic rings. The van der Waals surface area contributed by atoms with Gasteiger partial charge in [-0.1, -0.05) is 36.1 Å². The molecule has 232 valence electrons. The summed E-state index contributed by atoms with van der Waals surface area (Å²) in [5.74, 6) is -1.15. The van der Waals surface area contributed by atoms with Gasteiger partial charge >= 0.3 is 29.6 Å². The van der Waals surface area contributed by atoms with E-state index in [0.717, 1.165) is 26.4 Å². The first kappa shape index (κ1) is 33.5. The van der Waals surface area contributed by atoms with Gasteiger partial charge in [0.25, 0.3) is 10.1 Å². The quantitative estimate of drug-likeness (QED) is 0.0826. The predicted molar refractivity (Wildman–Crippen MR) is 181 cm³/mol. The molecule has 1 aliphatic carbocycles. The van der Waals surface area contributed by atoms with Crippen LogP contribution in [0.2, 0.25) is 0 Å². The van der Waals surface area contributed by atoms with Gasteiger partial charge in [0, 0.05) is 11.1 Å². The first-order valence-corrected chi connectivity index (χ1v) is 17.0. The van der Waals surface area contributed by atoms with E-state index in [9.17, 15) is 22.9 Å². The number of rotatable bonds is 7. The number of ketones is 1. The molecule has 0 bridgehead atoms. The largest absolute Gasteiger partial charge is 1.00 e. The fourth-order valence-electron chi connectivity index (χ4n) is 4.83. The van der Waals surface area contributed by atoms with E-state index in [0.29, 0.717) is 32.2 Å². The van der Waals surface area contributed by atoms with Gasteiger partial charge in [-0.2, -0.15) is 18.6 Å². The Kier molecular flexibility index (Phi) is 9.49. The number of hydrazone groups is 1. The van der Waals surface area contributed by atoms with E-state index < -0.39 is 21.7 Å². The van der Waals surface area contributed by atoms with E-state index in [2.05, 4.69) is 25.7 Å². The van der Waals surface area contributed by atoms with Crippen molar-refractivity contribution in [3.8, 4) is 21.1 Å². The number of azo groups is 1. The Morgan fingerprint density at radius 3 is 2.27 bits per heavy atom. The smallest absolute Gasteiger partial charge is 0.871 e. The molecule has 0 fully saturated rings. The number of hydrogen-bond donors (Lipinski definition) is 2. The third kappa shape index (κ3) is 6.77. The Morgan fingerprint density at radius 1 is 0.833 bits per heavy atom. The van der Waals surface area contributed by atoms with E-state index in [1.54, 1.807) is 55.5 Å². The number of aryl methyl sites for hydroxylation is 1. The Balaban J connectivity index is 0.00000401. The predicted octanol–water partition coefficient (Wildman–Crippen LogP) is 4.06. The Morgan fingerprint density at radius 2 is 1.52 bits per heavy atom. The molecule has 0 unspecified atom stereocenters. The van der Waals surface area contributed by atoms with Crippen LogP contribution in [0.5, 0.6) is 0 Å². The van der Waals surface area contributed by atoms with E-state index in [1.165, 1.54) is 34.8 Å². The molecule has 11 nitrogen and oxygen atoms in total. The van der Waals surface area contributed by atoms with E-state index in [-0.39, 0.29) is 45.9 Å². The van der Waals surface area contributed by atoms with Crippen LogP contribution in [0.1, 0.15) is 5.56 Å². The molecular weight excluding hydrogens is 680 g/mol. The number of anilines is 1. The van der Waals surface area contributed by atoms with Gasteiger partial charge in [-0.25, -0.2) is 9.97 Å². The zero-order chi connectivity index (χ0) is 32.7. The summed E-state index contributed by atoms with van der Waals surface area (Å²) in [6, 6.07) is 25.3. The van der Waals surface area contributed by atoms with Crippen molar-refractivity contribution < 1.29 is 52.4 Å². The van der Waals surface area contributed by atoms with Gasteiger partial charge in [0.15, 0.2) is 0 Å². The van der Waals surface area contributed by atoms with Crippen molar-refractivity contribution in [1.82, 2.24) is 9.97 Å². The molecule has 0 radical (unpaired) electrons. The third-order valence-corrected chi connectivity index (χ3v) is 10.5. The van der Waals surface area contributed by atoms with Crippen LogP contribution in [0.4, 0.5) is 11.4 Å². The number of carbonyl (C=O) groups excluding carboxylic acids is 1. The van der Waals surface area contributed by atoms with E-state index >= 15 is 0 Å². The van der Waals surface area contributed by atoms with Crippen LogP contribution in [0.15, 0.2) is 129 Å². The monoisotopic (exact) mass is 700 g/mol. The average Bonchev–Trinajstić information content (AvgIpc) is 3.68. The summed E-state index contributed by atoms with van der Waals surface area (Å²) in [5, 5.41) is 25.9. The number of benzene rings is 4. The Hall–Kier alpha value is -4.41. The molecular formula is C33H21N6NaO5S3. The summed E-state index contributed by atoms with van der Waals surface area (Å²) in [4.78, 5) is 22.1. The number of nitrogens with zero attached hydrogens (tertiary/aromatic N) is 5. The fourth-order valence-corrected chi connectivity index (χ4v) is 8.15. The number of hydrogen-bond acceptors (Lipinski definition) is 12. The molecule has 2 N–H and O–H groups in total. The zero-order valence-corrected chi connectivity index (χ0v) is 29.7. The second-order valence-corrected chi connectivity index (χ2v) is 13.7. The second kappa shape index (κ2) is 13.6. The number of nitrogens with one attached hydrogen (secondary N) is 1. The van der Waals surface area contributed by atoms with Crippen molar-refractivity contribution in [3.05, 3.63) is 114 Å². The minimum Gasteiger partial charge on any atom is -0.871 e. The second-order valence-electron chi connectivity index (χ2n) is 10.4. The molecule has 0 saturated carbocycles. The molecule has 2 heterocycles. The van der Waals surface area contributed by atoms with Crippen molar-refractivity contribution in [2.45, 2.75) is 11.8 Å². The molecule has 7 rings (SSSR count). The summed E-state index contributed by atoms with van der Waals surface area (Å²) >= 11 is 2.70. The zero-order valence-electron chi connectivity index (χ0n) is 25.3. The van der Waals surface area contributed by atoms with E-state index in [4.69, 9.17) is 4.98 Å². The van der Waals surface area contributed by atoms with Crippen molar-refractivity contribution in [2.75, 3.05) is 5.43 Å². The third-order valence-electron chi connectivity index (χ3n) is 7.13. The molecule has 48 heavy (non-hydrogen) atoms. The maximum atomic E-state index is 12.9. The summed E-state index contributed by atoms with van der Waals surface area (Å²) in [5.41, 5.74) is 6.96. The molecule has 2 aromatic heterocycles. The van der Waals surface area contributed by atoms with Gasteiger partial charge in [0.1, 0.15) is 26.3 Å². The summed E-state index contributed by atoms with van der Waals surface area (Å²) in [7, 11) is -4.41. The van der Waals surface area contributed by atoms with Crippen LogP contribution < -0.4 is 40.1 Å². The maximum absolute atomic E-state index is 12.9. The van der Waals surface area contributed by atoms with Crippen molar-refractivity contribution in [1.29, 1.82) is 0 Å². The first-order chi connectivity index (χ1) is 22.6. The van der Waals surface area contributed by atoms with Crippen LogP contribution >= 0.6 is 22.7 Å². The number of fused-ring (bicyclic) bond motifs is 2. The molecule has 0 amide bonds. The molecule has 0 saturated heterocycles. The average molecular weight is 701 g/mol. The fraction of sp³-hybridized carbons (Fsp3) is 0.0303. The molecule has 0 spiro atoms. The van der Waals surface area contributed by atoms with Gasteiger partial charge in [0.05, 0.1) is 31.8 Å². The number of aromatic nitrogens is 2. The van der Waals surface area contributed by atoms with Crippen molar-refractivity contribution in [3.63, 3.8) is 0 Å². The van der Waals surface area contributed by atoms with Crippen LogP contribution in [0, 0.1) is 6.92 Å². The molecule has 4 aromatic carbocycles. The number of allylic oxidation sites excluding steroid dienone is 4. The number of Topliss-reactive ketones (excluding diaryl/α,β-unsaturated/α-hetero) is 1. The molecule has 0 atom stereocenters. The van der Waals surface area contributed by atoms with Crippen LogP contribution in [0.25, 0.3) is 41.6 Å². The van der Waals surface area contributed by atoms with Crippen LogP contribution in [0.3, 0.4) is 0 Å². The van der Waals surface area contributed by atoms with Gasteiger partial charge in [-0.05, 0) is 79.2 Å².